The zero-order chi connectivity index (χ0) is 11.1. The van der Waals surface area contributed by atoms with Crippen LogP contribution in [0.1, 0.15) is 55.4 Å². The summed E-state index contributed by atoms with van der Waals surface area (Å²) in [7, 11) is 0. The van der Waals surface area contributed by atoms with Crippen molar-refractivity contribution in [1.29, 1.82) is 0 Å². The van der Waals surface area contributed by atoms with E-state index in [2.05, 4.69) is 55.4 Å². The summed E-state index contributed by atoms with van der Waals surface area (Å²) in [6.45, 7) is 17.8. The molecule has 1 nitrogen and oxygen atoms in total. The quantitative estimate of drug-likeness (QED) is 0.665. The van der Waals surface area contributed by atoms with Gasteiger partial charge in [0, 0.05) is 5.54 Å². The van der Waals surface area contributed by atoms with Crippen LogP contribution >= 0.6 is 0 Å². The van der Waals surface area contributed by atoms with Crippen molar-refractivity contribution in [2.24, 2.45) is 22.5 Å². The van der Waals surface area contributed by atoms with Crippen LogP contribution in [0.2, 0.25) is 0 Å². The number of hydrogen-bond acceptors (Lipinski definition) is 1. The standard InChI is InChI=1S/C12H27N/c1-9(2)12(13,10(3,4)5)11(6,7)8/h9H,13H2,1-8H3. The molecule has 0 saturated carbocycles. The first-order chi connectivity index (χ1) is 5.44. The van der Waals surface area contributed by atoms with Gasteiger partial charge in [-0.1, -0.05) is 55.4 Å². The minimum atomic E-state index is -0.125. The Morgan fingerprint density at radius 1 is 0.769 bits per heavy atom. The molecule has 0 aliphatic heterocycles. The van der Waals surface area contributed by atoms with Crippen molar-refractivity contribution in [3.63, 3.8) is 0 Å². The largest absolute Gasteiger partial charge is 0.324 e. The maximum absolute atomic E-state index is 6.59. The molecule has 2 N–H and O–H groups in total. The number of rotatable bonds is 1. The van der Waals surface area contributed by atoms with Crippen LogP contribution in [0.5, 0.6) is 0 Å². The molecular formula is C12H27N. The fraction of sp³-hybridized carbons (Fsp3) is 1.00. The minimum absolute atomic E-state index is 0.125. The lowest BCUT2D eigenvalue weighted by Gasteiger charge is -2.54. The van der Waals surface area contributed by atoms with Crippen molar-refractivity contribution in [2.75, 3.05) is 0 Å². The van der Waals surface area contributed by atoms with Gasteiger partial charge in [0.15, 0.2) is 0 Å². The zero-order valence-corrected chi connectivity index (χ0v) is 10.7. The number of hydrogen-bond donors (Lipinski definition) is 1. The average molecular weight is 185 g/mol. The van der Waals surface area contributed by atoms with Crippen LogP contribution in [0, 0.1) is 16.7 Å². The van der Waals surface area contributed by atoms with E-state index < -0.39 is 0 Å². The molecule has 0 amide bonds. The fourth-order valence-corrected chi connectivity index (χ4v) is 2.86. The SMILES string of the molecule is CC(C)C(N)(C(C)(C)C)C(C)(C)C. The fourth-order valence-electron chi connectivity index (χ4n) is 2.86. The topological polar surface area (TPSA) is 26.0 Å². The molecule has 0 aromatic rings. The van der Waals surface area contributed by atoms with E-state index in [-0.39, 0.29) is 16.4 Å². The van der Waals surface area contributed by atoms with Gasteiger partial charge in [-0.2, -0.15) is 0 Å². The number of nitrogens with two attached hydrogens (primary N) is 1. The Morgan fingerprint density at radius 2 is 1.00 bits per heavy atom. The Bertz CT molecular complexity index is 153. The van der Waals surface area contributed by atoms with Gasteiger partial charge in [0.1, 0.15) is 0 Å². The highest BCUT2D eigenvalue weighted by atomic mass is 14.8. The first-order valence-corrected chi connectivity index (χ1v) is 5.23. The van der Waals surface area contributed by atoms with Gasteiger partial charge in [-0.25, -0.2) is 0 Å². The summed E-state index contributed by atoms with van der Waals surface area (Å²) in [5, 5.41) is 0. The van der Waals surface area contributed by atoms with Crippen LogP contribution in [-0.4, -0.2) is 5.54 Å². The van der Waals surface area contributed by atoms with E-state index in [4.69, 9.17) is 5.73 Å². The summed E-state index contributed by atoms with van der Waals surface area (Å²) in [6, 6.07) is 0. The molecule has 80 valence electrons. The van der Waals surface area contributed by atoms with Crippen molar-refractivity contribution in [3.05, 3.63) is 0 Å². The smallest absolute Gasteiger partial charge is 0.0275 e. The first kappa shape index (κ1) is 13.0. The first-order valence-electron chi connectivity index (χ1n) is 5.23. The maximum Gasteiger partial charge on any atom is 0.0275 e. The predicted molar refractivity (Wildman–Crippen MR) is 60.7 cm³/mol. The third-order valence-corrected chi connectivity index (χ3v) is 3.39. The molecule has 0 aromatic carbocycles. The predicted octanol–water partition coefficient (Wildman–Crippen LogP) is 3.43. The molecule has 0 fully saturated rings. The Morgan fingerprint density at radius 3 is 1.00 bits per heavy atom. The summed E-state index contributed by atoms with van der Waals surface area (Å²) < 4.78 is 0. The Balaban J connectivity index is 5.22. The van der Waals surface area contributed by atoms with E-state index in [1.54, 1.807) is 0 Å². The van der Waals surface area contributed by atoms with Crippen molar-refractivity contribution >= 4 is 0 Å². The normalized spacial score (nSPS) is 15.2. The van der Waals surface area contributed by atoms with Crippen LogP contribution in [0.3, 0.4) is 0 Å². The van der Waals surface area contributed by atoms with Crippen molar-refractivity contribution in [3.8, 4) is 0 Å². The van der Waals surface area contributed by atoms with Gasteiger partial charge >= 0.3 is 0 Å². The average Bonchev–Trinajstić information content (AvgIpc) is 1.80. The monoisotopic (exact) mass is 185 g/mol. The van der Waals surface area contributed by atoms with E-state index in [0.29, 0.717) is 5.92 Å². The molecule has 0 atom stereocenters. The molecule has 0 saturated heterocycles. The maximum atomic E-state index is 6.59. The van der Waals surface area contributed by atoms with E-state index in [1.807, 2.05) is 0 Å². The Labute approximate surface area is 84.1 Å². The van der Waals surface area contributed by atoms with Gasteiger partial charge in [-0.15, -0.1) is 0 Å². The van der Waals surface area contributed by atoms with Crippen LogP contribution in [0.4, 0.5) is 0 Å². The van der Waals surface area contributed by atoms with Crippen molar-refractivity contribution in [2.45, 2.75) is 60.9 Å². The van der Waals surface area contributed by atoms with Gasteiger partial charge < -0.3 is 5.73 Å². The molecule has 0 heterocycles. The molecule has 0 aliphatic rings. The van der Waals surface area contributed by atoms with Gasteiger partial charge in [-0.3, -0.25) is 0 Å². The summed E-state index contributed by atoms with van der Waals surface area (Å²) in [5.41, 5.74) is 6.75. The van der Waals surface area contributed by atoms with Gasteiger partial charge in [0.25, 0.3) is 0 Å². The molecule has 1 heteroatoms. The van der Waals surface area contributed by atoms with Gasteiger partial charge in [0.05, 0.1) is 0 Å². The highest BCUT2D eigenvalue weighted by Crippen LogP contribution is 2.46. The van der Waals surface area contributed by atoms with E-state index >= 15 is 0 Å². The third-order valence-electron chi connectivity index (χ3n) is 3.39. The van der Waals surface area contributed by atoms with Crippen LogP contribution in [-0.2, 0) is 0 Å². The lowest BCUT2D eigenvalue weighted by Crippen LogP contribution is -2.63. The lowest BCUT2D eigenvalue weighted by atomic mass is 9.56. The Kier molecular flexibility index (Phi) is 3.26. The van der Waals surface area contributed by atoms with Gasteiger partial charge in [0.2, 0.25) is 0 Å². The van der Waals surface area contributed by atoms with E-state index in [0.717, 1.165) is 0 Å². The molecule has 0 rings (SSSR count). The lowest BCUT2D eigenvalue weighted by molar-refractivity contribution is 0.0171. The zero-order valence-electron chi connectivity index (χ0n) is 10.7. The Hall–Kier alpha value is -0.0400. The summed E-state index contributed by atoms with van der Waals surface area (Å²) in [4.78, 5) is 0. The van der Waals surface area contributed by atoms with E-state index in [1.165, 1.54) is 0 Å². The van der Waals surface area contributed by atoms with Gasteiger partial charge in [-0.05, 0) is 16.7 Å². The summed E-state index contributed by atoms with van der Waals surface area (Å²) >= 11 is 0. The summed E-state index contributed by atoms with van der Waals surface area (Å²) in [5.74, 6) is 0.493. The molecule has 0 radical (unpaired) electrons. The van der Waals surface area contributed by atoms with Crippen LogP contribution in [0.15, 0.2) is 0 Å². The third kappa shape index (κ3) is 2.07. The molecule has 0 spiro atoms. The second kappa shape index (κ2) is 3.27. The highest BCUT2D eigenvalue weighted by Gasteiger charge is 2.49. The second-order valence-corrected chi connectivity index (χ2v) is 6.52. The molecular weight excluding hydrogens is 158 g/mol. The minimum Gasteiger partial charge on any atom is -0.324 e. The van der Waals surface area contributed by atoms with Crippen LogP contribution in [0.25, 0.3) is 0 Å². The molecule has 0 bridgehead atoms. The van der Waals surface area contributed by atoms with E-state index in [9.17, 15) is 0 Å². The van der Waals surface area contributed by atoms with Crippen molar-refractivity contribution < 1.29 is 0 Å². The molecule has 0 unspecified atom stereocenters. The second-order valence-electron chi connectivity index (χ2n) is 6.52. The van der Waals surface area contributed by atoms with Crippen LogP contribution < -0.4 is 5.73 Å². The molecule has 0 aromatic heterocycles. The van der Waals surface area contributed by atoms with Crippen molar-refractivity contribution in [1.82, 2.24) is 0 Å². The highest BCUT2D eigenvalue weighted by molar-refractivity contribution is 5.05. The molecule has 13 heavy (non-hydrogen) atoms. The molecule has 0 aliphatic carbocycles. The summed E-state index contributed by atoms with van der Waals surface area (Å²) in [6.07, 6.45) is 0.